The van der Waals surface area contributed by atoms with Crippen LogP contribution in [-0.4, -0.2) is 19.5 Å². The van der Waals surface area contributed by atoms with Gasteiger partial charge >= 0.3 is 0 Å². The molecule has 1 aromatic carbocycles. The Morgan fingerprint density at radius 1 is 1.24 bits per heavy atom. The van der Waals surface area contributed by atoms with E-state index in [1.165, 1.54) is 0 Å². The topological polar surface area (TPSA) is 34.1 Å². The fourth-order valence-electron chi connectivity index (χ4n) is 1.77. The van der Waals surface area contributed by atoms with E-state index in [9.17, 15) is 8.42 Å². The quantitative estimate of drug-likeness (QED) is 0.769. The van der Waals surface area contributed by atoms with Crippen molar-refractivity contribution in [2.45, 2.75) is 43.4 Å². The van der Waals surface area contributed by atoms with E-state index in [-0.39, 0.29) is 17.0 Å². The van der Waals surface area contributed by atoms with Gasteiger partial charge in [0.1, 0.15) is 0 Å². The number of alkyl halides is 1. The second-order valence-electron chi connectivity index (χ2n) is 4.32. The summed E-state index contributed by atoms with van der Waals surface area (Å²) < 4.78 is 24.3. The Balaban J connectivity index is 3.26. The normalized spacial score (nSPS) is 15.5. The lowest BCUT2D eigenvalue weighted by atomic mass is 9.98. The van der Waals surface area contributed by atoms with E-state index in [0.717, 1.165) is 5.56 Å². The molecule has 1 aromatic rings. The summed E-state index contributed by atoms with van der Waals surface area (Å²) in [6.07, 6.45) is 0.626. The van der Waals surface area contributed by atoms with Crippen LogP contribution in [0.4, 0.5) is 0 Å². The van der Waals surface area contributed by atoms with Crippen LogP contribution in [0.5, 0.6) is 0 Å². The van der Waals surface area contributed by atoms with E-state index in [1.54, 1.807) is 12.1 Å². The highest BCUT2D eigenvalue weighted by molar-refractivity contribution is 7.91. The Bertz CT molecular complexity index is 466. The van der Waals surface area contributed by atoms with Crippen LogP contribution in [0.2, 0.25) is 0 Å². The number of benzene rings is 1. The summed E-state index contributed by atoms with van der Waals surface area (Å²) in [6.45, 7) is 5.71. The van der Waals surface area contributed by atoms with Crippen molar-refractivity contribution in [1.82, 2.24) is 0 Å². The average Bonchev–Trinajstić information content (AvgIpc) is 2.28. The molecular weight excluding hydrogens is 256 g/mol. The predicted molar refractivity (Wildman–Crippen MR) is 72.5 cm³/mol. The first-order valence-corrected chi connectivity index (χ1v) is 7.94. The summed E-state index contributed by atoms with van der Waals surface area (Å²) in [4.78, 5) is 0.432. The molecule has 0 saturated carbocycles. The average molecular weight is 275 g/mol. The van der Waals surface area contributed by atoms with Crippen LogP contribution in [-0.2, 0) is 9.84 Å². The number of rotatable bonds is 5. The Morgan fingerprint density at radius 2 is 1.82 bits per heavy atom. The lowest BCUT2D eigenvalue weighted by Gasteiger charge is -2.18. The first-order chi connectivity index (χ1) is 7.90. The highest BCUT2D eigenvalue weighted by atomic mass is 35.5. The molecule has 4 heteroatoms. The maximum absolute atomic E-state index is 12.1. The van der Waals surface area contributed by atoms with Crippen molar-refractivity contribution >= 4 is 21.4 Å². The summed E-state index contributed by atoms with van der Waals surface area (Å²) >= 11 is 6.07. The molecule has 2 atom stereocenters. The lowest BCUT2D eigenvalue weighted by molar-refractivity contribution is 0.591. The minimum absolute atomic E-state index is 0.0273. The van der Waals surface area contributed by atoms with Crippen molar-refractivity contribution < 1.29 is 8.42 Å². The minimum Gasteiger partial charge on any atom is -0.224 e. The van der Waals surface area contributed by atoms with Gasteiger partial charge in [-0.2, -0.15) is 0 Å². The van der Waals surface area contributed by atoms with E-state index in [0.29, 0.717) is 11.3 Å². The molecule has 0 aliphatic heterocycles. The molecule has 0 bridgehead atoms. The molecule has 2 nitrogen and oxygen atoms in total. The largest absolute Gasteiger partial charge is 0.224 e. The molecule has 0 fully saturated rings. The molecule has 96 valence electrons. The SMILES string of the molecule is CCCS(=O)(=O)c1ccccc1C(C)C(C)Cl. The fourth-order valence-corrected chi connectivity index (χ4v) is 3.56. The number of hydrogen-bond donors (Lipinski definition) is 0. The zero-order valence-corrected chi connectivity index (χ0v) is 12.1. The van der Waals surface area contributed by atoms with E-state index < -0.39 is 9.84 Å². The first kappa shape index (κ1) is 14.5. The van der Waals surface area contributed by atoms with Crippen molar-refractivity contribution in [1.29, 1.82) is 0 Å². The Labute approximate surface area is 109 Å². The molecule has 0 spiro atoms. The predicted octanol–water partition coefficient (Wildman–Crippen LogP) is 3.60. The molecule has 0 heterocycles. The smallest absolute Gasteiger partial charge is 0.178 e. The molecular formula is C13H19ClO2S. The third-order valence-electron chi connectivity index (χ3n) is 2.91. The van der Waals surface area contributed by atoms with Gasteiger partial charge in [-0.05, 0) is 30.9 Å². The molecule has 0 aliphatic rings. The summed E-state index contributed by atoms with van der Waals surface area (Å²) in [7, 11) is -3.18. The van der Waals surface area contributed by atoms with Crippen molar-refractivity contribution in [3.05, 3.63) is 29.8 Å². The van der Waals surface area contributed by atoms with Gasteiger partial charge in [0.05, 0.1) is 10.6 Å². The lowest BCUT2D eigenvalue weighted by Crippen LogP contribution is -2.13. The zero-order chi connectivity index (χ0) is 13.1. The van der Waals surface area contributed by atoms with Gasteiger partial charge in [-0.1, -0.05) is 32.0 Å². The van der Waals surface area contributed by atoms with Crippen molar-refractivity contribution in [2.24, 2.45) is 0 Å². The van der Waals surface area contributed by atoms with E-state index >= 15 is 0 Å². The van der Waals surface area contributed by atoms with Crippen LogP contribution in [0, 0.1) is 0 Å². The monoisotopic (exact) mass is 274 g/mol. The van der Waals surface area contributed by atoms with Crippen molar-refractivity contribution in [2.75, 3.05) is 5.75 Å². The van der Waals surface area contributed by atoms with E-state index in [2.05, 4.69) is 0 Å². The summed E-state index contributed by atoms with van der Waals surface area (Å²) in [5, 5.41) is -0.0898. The molecule has 0 aromatic heterocycles. The standard InChI is InChI=1S/C13H19ClO2S/c1-4-9-17(15,16)13-8-6-5-7-12(13)10(2)11(3)14/h5-8,10-11H,4,9H2,1-3H3. The number of sulfone groups is 1. The van der Waals surface area contributed by atoms with Gasteiger partial charge in [-0.15, -0.1) is 11.6 Å². The third-order valence-corrected chi connectivity index (χ3v) is 5.27. The van der Waals surface area contributed by atoms with Crippen LogP contribution in [0.1, 0.15) is 38.7 Å². The van der Waals surface area contributed by atoms with Gasteiger partial charge in [-0.3, -0.25) is 0 Å². The van der Waals surface area contributed by atoms with Gasteiger partial charge in [0, 0.05) is 5.38 Å². The molecule has 0 aliphatic carbocycles. The molecule has 0 N–H and O–H groups in total. The van der Waals surface area contributed by atoms with Gasteiger partial charge < -0.3 is 0 Å². The van der Waals surface area contributed by atoms with Gasteiger partial charge in [0.2, 0.25) is 0 Å². The Hall–Kier alpha value is -0.540. The molecule has 0 radical (unpaired) electrons. The third kappa shape index (κ3) is 3.46. The Morgan fingerprint density at radius 3 is 2.35 bits per heavy atom. The Kier molecular flexibility index (Phi) is 5.02. The van der Waals surface area contributed by atoms with E-state index in [1.807, 2.05) is 32.9 Å². The van der Waals surface area contributed by atoms with Crippen LogP contribution in [0.25, 0.3) is 0 Å². The van der Waals surface area contributed by atoms with Crippen LogP contribution >= 0.6 is 11.6 Å². The van der Waals surface area contributed by atoms with Crippen LogP contribution in [0.3, 0.4) is 0 Å². The van der Waals surface area contributed by atoms with Gasteiger partial charge in [0.15, 0.2) is 9.84 Å². The maximum atomic E-state index is 12.1. The van der Waals surface area contributed by atoms with Crippen molar-refractivity contribution in [3.8, 4) is 0 Å². The highest BCUT2D eigenvalue weighted by Gasteiger charge is 2.22. The first-order valence-electron chi connectivity index (χ1n) is 5.86. The fraction of sp³-hybridized carbons (Fsp3) is 0.538. The molecule has 1 rings (SSSR count). The molecule has 0 saturated heterocycles. The number of halogens is 1. The maximum Gasteiger partial charge on any atom is 0.178 e. The van der Waals surface area contributed by atoms with Crippen molar-refractivity contribution in [3.63, 3.8) is 0 Å². The number of hydrogen-bond acceptors (Lipinski definition) is 2. The minimum atomic E-state index is -3.18. The second-order valence-corrected chi connectivity index (χ2v) is 7.09. The van der Waals surface area contributed by atoms with E-state index in [4.69, 9.17) is 11.6 Å². The molecule has 2 unspecified atom stereocenters. The summed E-state index contributed by atoms with van der Waals surface area (Å²) in [6, 6.07) is 7.15. The van der Waals surface area contributed by atoms with Gasteiger partial charge in [-0.25, -0.2) is 8.42 Å². The molecule has 17 heavy (non-hydrogen) atoms. The summed E-state index contributed by atoms with van der Waals surface area (Å²) in [5.74, 6) is 0.215. The molecule has 0 amide bonds. The van der Waals surface area contributed by atoms with Gasteiger partial charge in [0.25, 0.3) is 0 Å². The van der Waals surface area contributed by atoms with Crippen LogP contribution in [0.15, 0.2) is 29.2 Å². The second kappa shape index (κ2) is 5.87. The zero-order valence-electron chi connectivity index (χ0n) is 10.5. The highest BCUT2D eigenvalue weighted by Crippen LogP contribution is 2.29. The summed E-state index contributed by atoms with van der Waals surface area (Å²) in [5.41, 5.74) is 0.823. The van der Waals surface area contributed by atoms with Crippen LogP contribution < -0.4 is 0 Å².